The number of benzene rings is 1. The SMILES string of the molecule is COC(=O)c1ccc(-n2cccc2[C@H]2[C@@H](c3ccccn3)NC(=S)N2CCO)cc1. The van der Waals surface area contributed by atoms with Crippen LogP contribution in [0.25, 0.3) is 5.69 Å². The predicted molar refractivity (Wildman–Crippen MR) is 116 cm³/mol. The molecule has 0 amide bonds. The molecule has 1 aliphatic heterocycles. The third-order valence-electron chi connectivity index (χ3n) is 5.19. The molecule has 154 valence electrons. The number of rotatable bonds is 6. The van der Waals surface area contributed by atoms with E-state index in [0.29, 0.717) is 17.2 Å². The second-order valence-corrected chi connectivity index (χ2v) is 7.27. The van der Waals surface area contributed by atoms with Crippen molar-refractivity contribution in [1.82, 2.24) is 19.8 Å². The molecule has 3 aromatic rings. The number of aliphatic hydroxyl groups excluding tert-OH is 1. The average molecular weight is 423 g/mol. The molecule has 0 bridgehead atoms. The zero-order chi connectivity index (χ0) is 21.1. The number of carbonyl (C=O) groups excluding carboxylic acids is 1. The molecule has 30 heavy (non-hydrogen) atoms. The first-order chi connectivity index (χ1) is 14.6. The summed E-state index contributed by atoms with van der Waals surface area (Å²) in [6.07, 6.45) is 3.73. The Kier molecular flexibility index (Phi) is 5.78. The summed E-state index contributed by atoms with van der Waals surface area (Å²) in [6.45, 7) is 0.397. The predicted octanol–water partition coefficient (Wildman–Crippen LogP) is 2.62. The molecule has 1 saturated heterocycles. The van der Waals surface area contributed by atoms with E-state index in [1.165, 1.54) is 7.11 Å². The minimum absolute atomic E-state index is 0.0121. The van der Waals surface area contributed by atoms with Crippen LogP contribution < -0.4 is 5.32 Å². The lowest BCUT2D eigenvalue weighted by molar-refractivity contribution is 0.0600. The smallest absolute Gasteiger partial charge is 0.337 e. The number of β-amino-alcohol motifs (C(OH)–C–C–N with tert-alkyl or cyclic N) is 1. The van der Waals surface area contributed by atoms with Crippen molar-refractivity contribution >= 4 is 23.3 Å². The summed E-state index contributed by atoms with van der Waals surface area (Å²) in [4.78, 5) is 18.3. The molecule has 0 unspecified atom stereocenters. The zero-order valence-corrected chi connectivity index (χ0v) is 17.2. The van der Waals surface area contributed by atoms with E-state index in [9.17, 15) is 9.90 Å². The van der Waals surface area contributed by atoms with Gasteiger partial charge < -0.3 is 24.6 Å². The lowest BCUT2D eigenvalue weighted by atomic mass is 10.0. The minimum Gasteiger partial charge on any atom is -0.465 e. The van der Waals surface area contributed by atoms with Crippen molar-refractivity contribution in [3.63, 3.8) is 0 Å². The summed E-state index contributed by atoms with van der Waals surface area (Å²) in [5.41, 5.74) is 3.27. The van der Waals surface area contributed by atoms with Gasteiger partial charge in [0.15, 0.2) is 5.11 Å². The normalized spacial score (nSPS) is 18.3. The van der Waals surface area contributed by atoms with Crippen LogP contribution >= 0.6 is 12.2 Å². The number of esters is 1. The van der Waals surface area contributed by atoms with Crippen LogP contribution in [0, 0.1) is 0 Å². The molecule has 4 rings (SSSR count). The maximum absolute atomic E-state index is 11.7. The molecule has 2 N–H and O–H groups in total. The van der Waals surface area contributed by atoms with Gasteiger partial charge in [-0.1, -0.05) is 6.07 Å². The summed E-state index contributed by atoms with van der Waals surface area (Å²) in [7, 11) is 1.36. The Balaban J connectivity index is 1.75. The number of pyridine rings is 1. The third-order valence-corrected chi connectivity index (χ3v) is 5.54. The van der Waals surface area contributed by atoms with Crippen molar-refractivity contribution in [3.05, 3.63) is 83.9 Å². The molecule has 0 radical (unpaired) electrons. The van der Waals surface area contributed by atoms with Crippen molar-refractivity contribution in [2.24, 2.45) is 0 Å². The highest BCUT2D eigenvalue weighted by atomic mass is 32.1. The van der Waals surface area contributed by atoms with E-state index in [4.69, 9.17) is 17.0 Å². The number of aromatic nitrogens is 2. The van der Waals surface area contributed by atoms with Crippen LogP contribution in [0.3, 0.4) is 0 Å². The standard InChI is InChI=1S/C22H22N4O3S/c1-29-21(28)15-7-9-16(10-8-15)25-12-4-6-18(25)20-19(17-5-2-3-11-23-17)24-22(30)26(20)13-14-27/h2-12,19-20,27H,13-14H2,1H3,(H,24,30)/t19-,20+/m1/s1. The topological polar surface area (TPSA) is 79.6 Å². The van der Waals surface area contributed by atoms with Crippen LogP contribution in [0.4, 0.5) is 0 Å². The quantitative estimate of drug-likeness (QED) is 0.467. The van der Waals surface area contributed by atoms with Crippen molar-refractivity contribution in [3.8, 4) is 5.69 Å². The van der Waals surface area contributed by atoms with Gasteiger partial charge in [0.25, 0.3) is 0 Å². The molecule has 1 aliphatic rings. The number of aliphatic hydroxyl groups is 1. The molecule has 3 heterocycles. The maximum Gasteiger partial charge on any atom is 0.337 e. The number of carbonyl (C=O) groups is 1. The van der Waals surface area contributed by atoms with Crippen LogP contribution in [0.5, 0.6) is 0 Å². The molecule has 2 atom stereocenters. The fourth-order valence-electron chi connectivity index (χ4n) is 3.82. The van der Waals surface area contributed by atoms with Crippen LogP contribution in [0.15, 0.2) is 67.0 Å². The largest absolute Gasteiger partial charge is 0.465 e. The minimum atomic E-state index is -0.371. The number of hydrogen-bond acceptors (Lipinski definition) is 5. The number of nitrogens with zero attached hydrogens (tertiary/aromatic N) is 3. The molecule has 1 fully saturated rings. The lowest BCUT2D eigenvalue weighted by Crippen LogP contribution is -2.32. The van der Waals surface area contributed by atoms with Crippen LogP contribution in [-0.2, 0) is 4.74 Å². The molecule has 0 saturated carbocycles. The number of methoxy groups -OCH3 is 1. The van der Waals surface area contributed by atoms with Crippen molar-refractivity contribution < 1.29 is 14.6 Å². The van der Waals surface area contributed by atoms with E-state index in [-0.39, 0.29) is 24.7 Å². The fraction of sp³-hybridized carbons (Fsp3) is 0.227. The highest BCUT2D eigenvalue weighted by Crippen LogP contribution is 2.39. The van der Waals surface area contributed by atoms with Crippen LogP contribution in [0.2, 0.25) is 0 Å². The number of ether oxygens (including phenoxy) is 1. The molecule has 7 nitrogen and oxygen atoms in total. The Morgan fingerprint density at radius 3 is 2.67 bits per heavy atom. The van der Waals surface area contributed by atoms with Gasteiger partial charge in [0.05, 0.1) is 37.1 Å². The number of hydrogen-bond donors (Lipinski definition) is 2. The highest BCUT2D eigenvalue weighted by Gasteiger charge is 2.40. The van der Waals surface area contributed by atoms with Crippen LogP contribution in [0.1, 0.15) is 33.8 Å². The lowest BCUT2D eigenvalue weighted by Gasteiger charge is -2.28. The van der Waals surface area contributed by atoms with E-state index in [0.717, 1.165) is 17.1 Å². The molecule has 2 aromatic heterocycles. The molecular formula is C22H22N4O3S. The van der Waals surface area contributed by atoms with Crippen molar-refractivity contribution in [2.75, 3.05) is 20.3 Å². The van der Waals surface area contributed by atoms with E-state index in [2.05, 4.69) is 14.9 Å². The zero-order valence-electron chi connectivity index (χ0n) is 16.4. The van der Waals surface area contributed by atoms with Gasteiger partial charge in [-0.15, -0.1) is 0 Å². The van der Waals surface area contributed by atoms with Gasteiger partial charge in [-0.2, -0.15) is 0 Å². The fourth-order valence-corrected chi connectivity index (χ4v) is 4.15. The Morgan fingerprint density at radius 1 is 1.20 bits per heavy atom. The average Bonchev–Trinajstić information content (AvgIpc) is 3.39. The first-order valence-corrected chi connectivity index (χ1v) is 10.00. The van der Waals surface area contributed by atoms with Gasteiger partial charge in [-0.25, -0.2) is 4.79 Å². The first-order valence-electron chi connectivity index (χ1n) is 9.59. The Bertz CT molecular complexity index is 1040. The van der Waals surface area contributed by atoms with Gasteiger partial charge in [0, 0.05) is 30.3 Å². The Labute approximate surface area is 179 Å². The van der Waals surface area contributed by atoms with E-state index >= 15 is 0 Å². The van der Waals surface area contributed by atoms with Gasteiger partial charge in [-0.05, 0) is 60.7 Å². The highest BCUT2D eigenvalue weighted by molar-refractivity contribution is 7.80. The number of nitrogens with one attached hydrogen (secondary N) is 1. The van der Waals surface area contributed by atoms with Gasteiger partial charge >= 0.3 is 5.97 Å². The van der Waals surface area contributed by atoms with E-state index in [1.54, 1.807) is 18.3 Å². The number of thiocarbonyl (C=S) groups is 1. The van der Waals surface area contributed by atoms with Crippen molar-refractivity contribution in [1.29, 1.82) is 0 Å². The monoisotopic (exact) mass is 422 g/mol. The molecule has 0 aliphatic carbocycles. The summed E-state index contributed by atoms with van der Waals surface area (Å²) >= 11 is 5.57. The van der Waals surface area contributed by atoms with E-state index in [1.807, 2.05) is 53.6 Å². The second-order valence-electron chi connectivity index (χ2n) is 6.89. The first kappa shape index (κ1) is 20.1. The van der Waals surface area contributed by atoms with Gasteiger partial charge in [-0.3, -0.25) is 4.98 Å². The molecule has 8 heteroatoms. The summed E-state index contributed by atoms with van der Waals surface area (Å²) in [5, 5.41) is 13.6. The third kappa shape index (κ3) is 3.67. The van der Waals surface area contributed by atoms with Crippen LogP contribution in [-0.4, -0.2) is 50.9 Å². The summed E-state index contributed by atoms with van der Waals surface area (Å²) in [6, 6.07) is 16.7. The summed E-state index contributed by atoms with van der Waals surface area (Å²) < 4.78 is 6.84. The van der Waals surface area contributed by atoms with E-state index < -0.39 is 0 Å². The molecule has 1 aromatic carbocycles. The second kappa shape index (κ2) is 8.64. The molecule has 0 spiro atoms. The Morgan fingerprint density at radius 2 is 2.00 bits per heavy atom. The molecular weight excluding hydrogens is 400 g/mol. The van der Waals surface area contributed by atoms with Gasteiger partial charge in [0.2, 0.25) is 0 Å². The maximum atomic E-state index is 11.7. The van der Waals surface area contributed by atoms with Gasteiger partial charge in [0.1, 0.15) is 0 Å². The Hall–Kier alpha value is -3.23. The van der Waals surface area contributed by atoms with Crippen molar-refractivity contribution in [2.45, 2.75) is 12.1 Å². The summed E-state index contributed by atoms with van der Waals surface area (Å²) in [5.74, 6) is -0.371.